The number of rotatable bonds is 3. The number of esters is 1. The van der Waals surface area contributed by atoms with Gasteiger partial charge in [-0.25, -0.2) is 9.69 Å². The highest BCUT2D eigenvalue weighted by Crippen LogP contribution is 2.38. The van der Waals surface area contributed by atoms with Crippen LogP contribution in [0.1, 0.15) is 28.8 Å². The predicted octanol–water partition coefficient (Wildman–Crippen LogP) is 3.67. The number of carbonyl (C=O) groups excluding carboxylic acids is 3. The molecule has 1 heterocycles. The zero-order valence-electron chi connectivity index (χ0n) is 14.9. The van der Waals surface area contributed by atoms with Gasteiger partial charge < -0.3 is 4.74 Å². The van der Waals surface area contributed by atoms with E-state index >= 15 is 0 Å². The number of ether oxygens (including phenoxy) is 1. The summed E-state index contributed by atoms with van der Waals surface area (Å²) in [5.74, 6) is -1.12. The summed E-state index contributed by atoms with van der Waals surface area (Å²) in [7, 11) is 0. The molecule has 136 valence electrons. The fourth-order valence-electron chi connectivity index (χ4n) is 3.70. The maximum Gasteiger partial charge on any atom is 0.343 e. The molecule has 0 unspecified atom stereocenters. The average molecular weight is 361 g/mol. The summed E-state index contributed by atoms with van der Waals surface area (Å²) in [4.78, 5) is 39.1. The highest BCUT2D eigenvalue weighted by atomic mass is 16.5. The molecule has 5 heteroatoms. The molecule has 2 aromatic rings. The Kier molecular flexibility index (Phi) is 4.36. The van der Waals surface area contributed by atoms with E-state index in [1.165, 1.54) is 4.90 Å². The minimum Gasteiger partial charge on any atom is -0.423 e. The SMILES string of the molecule is Cc1ccccc1C(=O)Oc1cccc(N2C(=O)[C@@H]3CC=CC[C@H]3C2=O)c1. The number of fused-ring (bicyclic) bond motifs is 1. The first-order chi connectivity index (χ1) is 13.1. The van der Waals surface area contributed by atoms with Crippen LogP contribution in [-0.4, -0.2) is 17.8 Å². The van der Waals surface area contributed by atoms with Crippen molar-refractivity contribution in [2.24, 2.45) is 11.8 Å². The van der Waals surface area contributed by atoms with Gasteiger partial charge in [-0.3, -0.25) is 9.59 Å². The maximum absolute atomic E-state index is 12.7. The van der Waals surface area contributed by atoms with Crippen molar-refractivity contribution in [3.05, 3.63) is 71.8 Å². The van der Waals surface area contributed by atoms with Crippen LogP contribution in [0.25, 0.3) is 0 Å². The summed E-state index contributed by atoms with van der Waals surface area (Å²) >= 11 is 0. The number of carbonyl (C=O) groups is 3. The van der Waals surface area contributed by atoms with Crippen LogP contribution in [0.2, 0.25) is 0 Å². The van der Waals surface area contributed by atoms with Gasteiger partial charge in [-0.15, -0.1) is 0 Å². The predicted molar refractivity (Wildman–Crippen MR) is 100 cm³/mol. The van der Waals surface area contributed by atoms with Gasteiger partial charge in [0.2, 0.25) is 11.8 Å². The van der Waals surface area contributed by atoms with E-state index in [1.807, 2.05) is 31.2 Å². The minimum atomic E-state index is -0.470. The molecule has 5 nitrogen and oxygen atoms in total. The lowest BCUT2D eigenvalue weighted by Gasteiger charge is -2.16. The first-order valence-corrected chi connectivity index (χ1v) is 8.97. The molecule has 2 aliphatic rings. The zero-order chi connectivity index (χ0) is 19.0. The largest absolute Gasteiger partial charge is 0.423 e. The monoisotopic (exact) mass is 361 g/mol. The van der Waals surface area contributed by atoms with Crippen LogP contribution in [0.15, 0.2) is 60.7 Å². The fraction of sp³-hybridized carbons (Fsp3) is 0.227. The second-order valence-corrected chi connectivity index (χ2v) is 6.87. The van der Waals surface area contributed by atoms with Gasteiger partial charge in [-0.1, -0.05) is 36.4 Å². The molecule has 0 N–H and O–H groups in total. The highest BCUT2D eigenvalue weighted by molar-refractivity contribution is 6.22. The number of amides is 2. The number of aryl methyl sites for hydroxylation is 1. The third-order valence-corrected chi connectivity index (χ3v) is 5.16. The third-order valence-electron chi connectivity index (χ3n) is 5.16. The Labute approximate surface area is 157 Å². The second-order valence-electron chi connectivity index (χ2n) is 6.87. The number of allylic oxidation sites excluding steroid dienone is 2. The Bertz CT molecular complexity index is 936. The number of hydrogen-bond acceptors (Lipinski definition) is 4. The van der Waals surface area contributed by atoms with Crippen molar-refractivity contribution in [3.8, 4) is 5.75 Å². The van der Waals surface area contributed by atoms with Gasteiger partial charge in [0.1, 0.15) is 5.75 Å². The van der Waals surface area contributed by atoms with Crippen molar-refractivity contribution >= 4 is 23.5 Å². The summed E-state index contributed by atoms with van der Waals surface area (Å²) in [5.41, 5.74) is 1.74. The van der Waals surface area contributed by atoms with Crippen molar-refractivity contribution in [1.82, 2.24) is 0 Å². The van der Waals surface area contributed by atoms with Gasteiger partial charge in [0.15, 0.2) is 0 Å². The average Bonchev–Trinajstić information content (AvgIpc) is 2.93. The van der Waals surface area contributed by atoms with Crippen LogP contribution in [0.4, 0.5) is 5.69 Å². The number of benzene rings is 2. The quantitative estimate of drug-likeness (QED) is 0.362. The Balaban J connectivity index is 1.58. The second kappa shape index (κ2) is 6.83. The van der Waals surface area contributed by atoms with E-state index in [0.29, 0.717) is 29.8 Å². The Morgan fingerprint density at radius 1 is 0.963 bits per heavy atom. The van der Waals surface area contributed by atoms with E-state index < -0.39 is 5.97 Å². The minimum absolute atomic E-state index is 0.184. The van der Waals surface area contributed by atoms with Gasteiger partial charge in [-0.2, -0.15) is 0 Å². The first-order valence-electron chi connectivity index (χ1n) is 8.97. The molecule has 0 radical (unpaired) electrons. The van der Waals surface area contributed by atoms with Gasteiger partial charge in [0.05, 0.1) is 23.1 Å². The third kappa shape index (κ3) is 3.05. The lowest BCUT2D eigenvalue weighted by molar-refractivity contribution is -0.122. The van der Waals surface area contributed by atoms with Crippen LogP contribution >= 0.6 is 0 Å². The molecule has 1 aliphatic heterocycles. The van der Waals surface area contributed by atoms with E-state index in [1.54, 1.807) is 36.4 Å². The van der Waals surface area contributed by atoms with E-state index in [4.69, 9.17) is 4.74 Å². The summed E-state index contributed by atoms with van der Waals surface area (Å²) in [6.07, 6.45) is 5.09. The summed E-state index contributed by atoms with van der Waals surface area (Å²) in [6.45, 7) is 1.84. The molecule has 2 amide bonds. The van der Waals surface area contributed by atoms with Crippen LogP contribution in [-0.2, 0) is 9.59 Å². The molecule has 2 aromatic carbocycles. The Morgan fingerprint density at radius 2 is 1.63 bits per heavy atom. The number of anilines is 1. The molecular formula is C22H19NO4. The standard InChI is InChI=1S/C22H19NO4/c1-14-7-2-3-10-17(14)22(26)27-16-9-6-8-15(13-16)23-20(24)18-11-4-5-12-19(18)21(23)25/h2-10,13,18-19H,11-12H2,1H3/t18-,19-/m1/s1. The topological polar surface area (TPSA) is 63.7 Å². The van der Waals surface area contributed by atoms with Gasteiger partial charge in [0, 0.05) is 6.07 Å². The fourth-order valence-corrected chi connectivity index (χ4v) is 3.70. The molecule has 0 spiro atoms. The number of nitrogens with zero attached hydrogens (tertiary/aromatic N) is 1. The highest BCUT2D eigenvalue weighted by Gasteiger charge is 2.47. The number of imide groups is 1. The summed E-state index contributed by atoms with van der Waals surface area (Å²) in [5, 5.41) is 0. The maximum atomic E-state index is 12.7. The van der Waals surface area contributed by atoms with Crippen LogP contribution in [0.5, 0.6) is 5.75 Å². The van der Waals surface area contributed by atoms with Crippen LogP contribution in [0, 0.1) is 18.8 Å². The van der Waals surface area contributed by atoms with E-state index in [9.17, 15) is 14.4 Å². The van der Waals surface area contributed by atoms with Crippen LogP contribution < -0.4 is 9.64 Å². The number of hydrogen-bond donors (Lipinski definition) is 0. The molecule has 0 saturated carbocycles. The first kappa shape index (κ1) is 17.2. The van der Waals surface area contributed by atoms with E-state index in [0.717, 1.165) is 5.56 Å². The van der Waals surface area contributed by atoms with E-state index in [-0.39, 0.29) is 23.7 Å². The van der Waals surface area contributed by atoms with Crippen LogP contribution in [0.3, 0.4) is 0 Å². The molecule has 0 aromatic heterocycles. The van der Waals surface area contributed by atoms with Crippen molar-refractivity contribution in [3.63, 3.8) is 0 Å². The Morgan fingerprint density at radius 3 is 2.30 bits per heavy atom. The van der Waals surface area contributed by atoms with Gasteiger partial charge in [0.25, 0.3) is 0 Å². The molecule has 27 heavy (non-hydrogen) atoms. The van der Waals surface area contributed by atoms with E-state index in [2.05, 4.69) is 0 Å². The molecule has 1 fully saturated rings. The smallest absolute Gasteiger partial charge is 0.343 e. The lowest BCUT2D eigenvalue weighted by Crippen LogP contribution is -2.30. The Hall–Kier alpha value is -3.21. The molecule has 2 atom stereocenters. The van der Waals surface area contributed by atoms with Crippen molar-refractivity contribution in [2.45, 2.75) is 19.8 Å². The molecular weight excluding hydrogens is 342 g/mol. The van der Waals surface area contributed by atoms with Crippen molar-refractivity contribution in [2.75, 3.05) is 4.90 Å². The lowest BCUT2D eigenvalue weighted by atomic mass is 9.85. The zero-order valence-corrected chi connectivity index (χ0v) is 14.9. The summed E-state index contributed by atoms with van der Waals surface area (Å²) < 4.78 is 5.47. The molecule has 1 saturated heterocycles. The van der Waals surface area contributed by atoms with Gasteiger partial charge in [-0.05, 0) is 43.5 Å². The van der Waals surface area contributed by atoms with Crippen molar-refractivity contribution < 1.29 is 19.1 Å². The normalized spacial score (nSPS) is 21.3. The molecule has 1 aliphatic carbocycles. The molecule has 4 rings (SSSR count). The molecule has 0 bridgehead atoms. The van der Waals surface area contributed by atoms with Gasteiger partial charge >= 0.3 is 5.97 Å². The summed E-state index contributed by atoms with van der Waals surface area (Å²) in [6, 6.07) is 13.7. The van der Waals surface area contributed by atoms with Crippen molar-refractivity contribution in [1.29, 1.82) is 0 Å².